The second-order valence-electron chi connectivity index (χ2n) is 3.62. The number of halogens is 3. The summed E-state index contributed by atoms with van der Waals surface area (Å²) in [5.41, 5.74) is -0.770. The van der Waals surface area contributed by atoms with Crippen LogP contribution in [-0.2, 0) is 15.7 Å². The van der Waals surface area contributed by atoms with Crippen molar-refractivity contribution >= 4 is 5.82 Å². The van der Waals surface area contributed by atoms with Crippen molar-refractivity contribution in [1.82, 2.24) is 4.98 Å². The molecule has 0 fully saturated rings. The Balaban J connectivity index is 2.53. The zero-order valence-corrected chi connectivity index (χ0v) is 10.1. The van der Waals surface area contributed by atoms with E-state index in [1.54, 1.807) is 7.11 Å². The number of alkyl halides is 3. The van der Waals surface area contributed by atoms with E-state index >= 15 is 0 Å². The molecule has 1 aromatic heterocycles. The fourth-order valence-electron chi connectivity index (χ4n) is 1.28. The molecule has 0 saturated carbocycles. The second-order valence-corrected chi connectivity index (χ2v) is 3.62. The van der Waals surface area contributed by atoms with Gasteiger partial charge in [-0.2, -0.15) is 13.2 Å². The molecule has 0 aliphatic carbocycles. The maximum Gasteiger partial charge on any atom is 0.417 e. The topological polar surface area (TPSA) is 43.4 Å². The van der Waals surface area contributed by atoms with Crippen LogP contribution in [0.5, 0.6) is 0 Å². The summed E-state index contributed by atoms with van der Waals surface area (Å²) in [7, 11) is 3.08. The normalized spacial score (nSPS) is 13.4. The van der Waals surface area contributed by atoms with Crippen molar-refractivity contribution in [1.29, 1.82) is 0 Å². The SMILES string of the molecule is COCC(CNc1ccc(C(F)(F)F)cn1)OC. The van der Waals surface area contributed by atoms with Crippen molar-refractivity contribution in [3.8, 4) is 0 Å². The fourth-order valence-corrected chi connectivity index (χ4v) is 1.28. The monoisotopic (exact) mass is 264 g/mol. The van der Waals surface area contributed by atoms with Gasteiger partial charge in [-0.3, -0.25) is 0 Å². The molecule has 0 saturated heterocycles. The lowest BCUT2D eigenvalue weighted by molar-refractivity contribution is -0.137. The van der Waals surface area contributed by atoms with Crippen molar-refractivity contribution < 1.29 is 22.6 Å². The number of aromatic nitrogens is 1. The van der Waals surface area contributed by atoms with Crippen LogP contribution in [0.15, 0.2) is 18.3 Å². The van der Waals surface area contributed by atoms with Gasteiger partial charge in [0.15, 0.2) is 0 Å². The van der Waals surface area contributed by atoms with E-state index in [2.05, 4.69) is 10.3 Å². The van der Waals surface area contributed by atoms with Crippen LogP contribution in [-0.4, -0.2) is 38.5 Å². The Morgan fingerprint density at radius 3 is 2.50 bits per heavy atom. The summed E-state index contributed by atoms with van der Waals surface area (Å²) in [5, 5.41) is 2.88. The summed E-state index contributed by atoms with van der Waals surface area (Å²) in [4.78, 5) is 3.68. The Bertz CT molecular complexity index is 354. The number of nitrogens with zero attached hydrogens (tertiary/aromatic N) is 1. The van der Waals surface area contributed by atoms with Crippen molar-refractivity contribution in [2.75, 3.05) is 32.7 Å². The smallest absolute Gasteiger partial charge is 0.382 e. The number of rotatable bonds is 6. The molecule has 0 aliphatic rings. The number of methoxy groups -OCH3 is 2. The zero-order chi connectivity index (χ0) is 13.6. The molecule has 0 spiro atoms. The van der Waals surface area contributed by atoms with Gasteiger partial charge in [0.1, 0.15) is 5.82 Å². The lowest BCUT2D eigenvalue weighted by Crippen LogP contribution is -2.26. The molecule has 1 N–H and O–H groups in total. The highest BCUT2D eigenvalue weighted by atomic mass is 19.4. The number of hydrogen-bond acceptors (Lipinski definition) is 4. The molecule has 1 rings (SSSR count). The summed E-state index contributed by atoms with van der Waals surface area (Å²) in [5.74, 6) is 0.362. The van der Waals surface area contributed by atoms with Gasteiger partial charge in [0.2, 0.25) is 0 Å². The minimum absolute atomic E-state index is 0.181. The predicted molar refractivity (Wildman–Crippen MR) is 60.4 cm³/mol. The molecule has 0 aliphatic heterocycles. The van der Waals surface area contributed by atoms with E-state index in [4.69, 9.17) is 9.47 Å². The lowest BCUT2D eigenvalue weighted by Gasteiger charge is -2.15. The van der Waals surface area contributed by atoms with Crippen LogP contribution in [0.25, 0.3) is 0 Å². The quantitative estimate of drug-likeness (QED) is 0.855. The summed E-state index contributed by atoms with van der Waals surface area (Å²) in [6.07, 6.45) is -3.75. The van der Waals surface area contributed by atoms with Gasteiger partial charge in [-0.05, 0) is 12.1 Å². The molecule has 0 aromatic carbocycles. The highest BCUT2D eigenvalue weighted by molar-refractivity contribution is 5.36. The lowest BCUT2D eigenvalue weighted by atomic mass is 10.3. The summed E-state index contributed by atoms with van der Waals surface area (Å²) in [6.45, 7) is 0.798. The van der Waals surface area contributed by atoms with Crippen LogP contribution in [0.4, 0.5) is 19.0 Å². The number of anilines is 1. The molecule has 0 bridgehead atoms. The molecule has 102 valence electrons. The van der Waals surface area contributed by atoms with Gasteiger partial charge in [-0.15, -0.1) is 0 Å². The molecule has 7 heteroatoms. The Morgan fingerprint density at radius 2 is 2.06 bits per heavy atom. The van der Waals surface area contributed by atoms with Crippen LogP contribution < -0.4 is 5.32 Å². The standard InChI is InChI=1S/C11H15F3N2O2/c1-17-7-9(18-2)6-16-10-4-3-8(5-15-10)11(12,13)14/h3-5,9H,6-7H2,1-2H3,(H,15,16). The first-order valence-corrected chi connectivity index (χ1v) is 5.26. The molecule has 0 amide bonds. The number of nitrogens with one attached hydrogen (secondary N) is 1. The Hall–Kier alpha value is -1.34. The summed E-state index contributed by atoms with van der Waals surface area (Å²) < 4.78 is 46.9. The average molecular weight is 264 g/mol. The van der Waals surface area contributed by atoms with E-state index in [1.165, 1.54) is 13.2 Å². The van der Waals surface area contributed by atoms with Crippen molar-refractivity contribution in [2.24, 2.45) is 0 Å². The van der Waals surface area contributed by atoms with Crippen LogP contribution in [0, 0.1) is 0 Å². The van der Waals surface area contributed by atoms with E-state index in [9.17, 15) is 13.2 Å². The van der Waals surface area contributed by atoms with E-state index < -0.39 is 11.7 Å². The van der Waals surface area contributed by atoms with E-state index in [-0.39, 0.29) is 6.10 Å². The third-order valence-corrected chi connectivity index (χ3v) is 2.29. The molecule has 0 radical (unpaired) electrons. The first-order valence-electron chi connectivity index (χ1n) is 5.26. The molecule has 1 unspecified atom stereocenters. The van der Waals surface area contributed by atoms with Gasteiger partial charge in [0.05, 0.1) is 18.3 Å². The van der Waals surface area contributed by atoms with E-state index in [1.807, 2.05) is 0 Å². The third kappa shape index (κ3) is 4.50. The van der Waals surface area contributed by atoms with Crippen LogP contribution in [0.2, 0.25) is 0 Å². The summed E-state index contributed by atoms with van der Waals surface area (Å²) >= 11 is 0. The molecule has 1 atom stereocenters. The van der Waals surface area contributed by atoms with Gasteiger partial charge in [-0.1, -0.05) is 0 Å². The number of hydrogen-bond donors (Lipinski definition) is 1. The molecule has 1 heterocycles. The van der Waals surface area contributed by atoms with Gasteiger partial charge in [0.25, 0.3) is 0 Å². The number of pyridine rings is 1. The van der Waals surface area contributed by atoms with Crippen molar-refractivity contribution in [3.05, 3.63) is 23.9 Å². The molecule has 4 nitrogen and oxygen atoms in total. The minimum Gasteiger partial charge on any atom is -0.382 e. The summed E-state index contributed by atoms with van der Waals surface area (Å²) in [6, 6.07) is 2.26. The fraction of sp³-hybridized carbons (Fsp3) is 0.545. The van der Waals surface area contributed by atoms with Crippen LogP contribution >= 0.6 is 0 Å². The maximum atomic E-state index is 12.3. The van der Waals surface area contributed by atoms with E-state index in [0.29, 0.717) is 19.0 Å². The van der Waals surface area contributed by atoms with Gasteiger partial charge in [0, 0.05) is 27.0 Å². The molecular formula is C11H15F3N2O2. The molecule has 18 heavy (non-hydrogen) atoms. The third-order valence-electron chi connectivity index (χ3n) is 2.29. The minimum atomic E-state index is -4.36. The van der Waals surface area contributed by atoms with Gasteiger partial charge >= 0.3 is 6.18 Å². The first kappa shape index (κ1) is 14.7. The van der Waals surface area contributed by atoms with Crippen LogP contribution in [0.1, 0.15) is 5.56 Å². The zero-order valence-electron chi connectivity index (χ0n) is 10.1. The molecule has 1 aromatic rings. The van der Waals surface area contributed by atoms with Crippen LogP contribution in [0.3, 0.4) is 0 Å². The van der Waals surface area contributed by atoms with Gasteiger partial charge in [-0.25, -0.2) is 4.98 Å². The Labute approximate surface area is 103 Å². The Morgan fingerprint density at radius 1 is 1.33 bits per heavy atom. The van der Waals surface area contributed by atoms with Crippen molar-refractivity contribution in [3.63, 3.8) is 0 Å². The highest BCUT2D eigenvalue weighted by Crippen LogP contribution is 2.28. The van der Waals surface area contributed by atoms with E-state index in [0.717, 1.165) is 12.3 Å². The second kappa shape index (κ2) is 6.55. The van der Waals surface area contributed by atoms with Crippen molar-refractivity contribution in [2.45, 2.75) is 12.3 Å². The number of ether oxygens (including phenoxy) is 2. The average Bonchev–Trinajstić information content (AvgIpc) is 2.34. The molecular weight excluding hydrogens is 249 g/mol. The maximum absolute atomic E-state index is 12.3. The highest BCUT2D eigenvalue weighted by Gasteiger charge is 2.30. The predicted octanol–water partition coefficient (Wildman–Crippen LogP) is 2.17. The first-order chi connectivity index (χ1) is 8.47. The Kier molecular flexibility index (Phi) is 5.36. The largest absolute Gasteiger partial charge is 0.417 e. The van der Waals surface area contributed by atoms with Gasteiger partial charge < -0.3 is 14.8 Å².